The highest BCUT2D eigenvalue weighted by Gasteiger charge is 2.30. The minimum absolute atomic E-state index is 0.224. The molecule has 1 aliphatic rings. The fourth-order valence-corrected chi connectivity index (χ4v) is 2.21. The van der Waals surface area contributed by atoms with Crippen molar-refractivity contribution < 1.29 is 9.53 Å². The van der Waals surface area contributed by atoms with Gasteiger partial charge in [-0.1, -0.05) is 6.92 Å². The Balaban J connectivity index is 1.94. The topological polar surface area (TPSA) is 47.4 Å². The van der Waals surface area contributed by atoms with E-state index in [1.807, 2.05) is 31.6 Å². The summed E-state index contributed by atoms with van der Waals surface area (Å²) in [5.74, 6) is 0. The van der Waals surface area contributed by atoms with Gasteiger partial charge >= 0.3 is 6.09 Å². The summed E-state index contributed by atoms with van der Waals surface area (Å²) in [7, 11) is 0. The van der Waals surface area contributed by atoms with E-state index in [1.54, 1.807) is 4.90 Å². The summed E-state index contributed by atoms with van der Waals surface area (Å²) < 4.78 is 7.36. The molecule has 0 bridgehead atoms. The average molecular weight is 265 g/mol. The number of amides is 1. The van der Waals surface area contributed by atoms with Gasteiger partial charge in [-0.05, 0) is 39.2 Å². The van der Waals surface area contributed by atoms with Crippen molar-refractivity contribution in [2.24, 2.45) is 0 Å². The Morgan fingerprint density at radius 1 is 1.53 bits per heavy atom. The maximum atomic E-state index is 12.0. The third kappa shape index (κ3) is 3.49. The van der Waals surface area contributed by atoms with E-state index in [1.165, 1.54) is 5.56 Å². The molecule has 1 unspecified atom stereocenters. The Morgan fingerprint density at radius 3 is 2.84 bits per heavy atom. The fourth-order valence-electron chi connectivity index (χ4n) is 2.21. The molecule has 106 valence electrons. The van der Waals surface area contributed by atoms with Crippen LogP contribution in [0.5, 0.6) is 0 Å². The van der Waals surface area contributed by atoms with Crippen molar-refractivity contribution in [1.29, 1.82) is 0 Å². The molecule has 1 aliphatic heterocycles. The number of hydrogen-bond acceptors (Lipinski definition) is 3. The van der Waals surface area contributed by atoms with E-state index >= 15 is 0 Å². The summed E-state index contributed by atoms with van der Waals surface area (Å²) in [5, 5.41) is 4.38. The van der Waals surface area contributed by atoms with Gasteiger partial charge in [-0.15, -0.1) is 0 Å². The monoisotopic (exact) mass is 265 g/mol. The normalized spacial score (nSPS) is 19.8. The number of aromatic nitrogens is 2. The minimum atomic E-state index is -0.434. The van der Waals surface area contributed by atoms with Crippen molar-refractivity contribution >= 4 is 6.09 Å². The lowest BCUT2D eigenvalue weighted by atomic mass is 10.2. The summed E-state index contributed by atoms with van der Waals surface area (Å²) in [6, 6.07) is 0.271. The molecule has 5 heteroatoms. The highest BCUT2D eigenvalue weighted by atomic mass is 16.6. The van der Waals surface area contributed by atoms with Crippen LogP contribution in [0.2, 0.25) is 0 Å². The smallest absolute Gasteiger partial charge is 0.410 e. The predicted molar refractivity (Wildman–Crippen MR) is 73.1 cm³/mol. The van der Waals surface area contributed by atoms with Gasteiger partial charge in [0.05, 0.1) is 12.2 Å². The van der Waals surface area contributed by atoms with Gasteiger partial charge in [-0.25, -0.2) is 4.79 Å². The van der Waals surface area contributed by atoms with Crippen LogP contribution in [0, 0.1) is 0 Å². The zero-order chi connectivity index (χ0) is 14.0. The highest BCUT2D eigenvalue weighted by Crippen LogP contribution is 2.23. The molecule has 5 nitrogen and oxygen atoms in total. The van der Waals surface area contributed by atoms with E-state index in [2.05, 4.69) is 18.2 Å². The molecule has 19 heavy (non-hydrogen) atoms. The van der Waals surface area contributed by atoms with E-state index < -0.39 is 5.60 Å². The van der Waals surface area contributed by atoms with Crippen molar-refractivity contribution in [2.75, 3.05) is 13.1 Å². The molecule has 1 aromatic rings. The Morgan fingerprint density at radius 2 is 2.26 bits per heavy atom. The van der Waals surface area contributed by atoms with Crippen LogP contribution in [0.4, 0.5) is 4.79 Å². The van der Waals surface area contributed by atoms with Crippen LogP contribution in [0.25, 0.3) is 0 Å². The summed E-state index contributed by atoms with van der Waals surface area (Å²) in [4.78, 5) is 13.7. The van der Waals surface area contributed by atoms with E-state index in [0.717, 1.165) is 19.4 Å². The molecule has 1 amide bonds. The second kappa shape index (κ2) is 5.23. The maximum absolute atomic E-state index is 12.0. The number of carbonyl (C=O) groups excluding carboxylic acids is 1. The van der Waals surface area contributed by atoms with Gasteiger partial charge in [0, 0.05) is 19.3 Å². The van der Waals surface area contributed by atoms with Crippen LogP contribution >= 0.6 is 0 Å². The molecule has 0 aliphatic carbocycles. The standard InChI is InChI=1S/C14H23N3O2/c1-5-11-8-15-17(9-11)12-6-7-16(10-12)13(18)19-14(2,3)4/h8-9,12H,5-7,10H2,1-4H3. The first-order valence-corrected chi connectivity index (χ1v) is 6.90. The molecule has 2 heterocycles. The summed E-state index contributed by atoms with van der Waals surface area (Å²) >= 11 is 0. The molecule has 1 atom stereocenters. The van der Waals surface area contributed by atoms with Gasteiger partial charge in [0.2, 0.25) is 0 Å². The Hall–Kier alpha value is -1.52. The van der Waals surface area contributed by atoms with Crippen molar-refractivity contribution in [3.63, 3.8) is 0 Å². The molecule has 2 rings (SSSR count). The largest absolute Gasteiger partial charge is 0.444 e. The fraction of sp³-hybridized carbons (Fsp3) is 0.714. The first-order valence-electron chi connectivity index (χ1n) is 6.90. The molecule has 1 saturated heterocycles. The number of carbonyl (C=O) groups is 1. The molecule has 0 N–H and O–H groups in total. The minimum Gasteiger partial charge on any atom is -0.444 e. The van der Waals surface area contributed by atoms with Gasteiger partial charge in [0.1, 0.15) is 5.60 Å². The highest BCUT2D eigenvalue weighted by molar-refractivity contribution is 5.68. The molecular formula is C14H23N3O2. The quantitative estimate of drug-likeness (QED) is 0.826. The van der Waals surface area contributed by atoms with Crippen LogP contribution < -0.4 is 0 Å². The van der Waals surface area contributed by atoms with Crippen molar-refractivity contribution in [3.05, 3.63) is 18.0 Å². The molecule has 1 fully saturated rings. The molecule has 0 spiro atoms. The van der Waals surface area contributed by atoms with Crippen LogP contribution in [-0.4, -0.2) is 39.5 Å². The third-order valence-electron chi connectivity index (χ3n) is 3.25. The van der Waals surface area contributed by atoms with Gasteiger partial charge < -0.3 is 9.64 Å². The lowest BCUT2D eigenvalue weighted by molar-refractivity contribution is 0.0288. The lowest BCUT2D eigenvalue weighted by Crippen LogP contribution is -2.35. The first kappa shape index (κ1) is 13.9. The predicted octanol–water partition coefficient (Wildman–Crippen LogP) is 2.63. The molecular weight excluding hydrogens is 242 g/mol. The van der Waals surface area contributed by atoms with Gasteiger partial charge in [-0.3, -0.25) is 4.68 Å². The van der Waals surface area contributed by atoms with Crippen LogP contribution in [0.3, 0.4) is 0 Å². The number of nitrogens with zero attached hydrogens (tertiary/aromatic N) is 3. The van der Waals surface area contributed by atoms with E-state index in [9.17, 15) is 4.79 Å². The SMILES string of the molecule is CCc1cnn(C2CCN(C(=O)OC(C)(C)C)C2)c1. The number of ether oxygens (including phenoxy) is 1. The zero-order valence-electron chi connectivity index (χ0n) is 12.2. The van der Waals surface area contributed by atoms with Gasteiger partial charge in [0.15, 0.2) is 0 Å². The number of rotatable bonds is 2. The van der Waals surface area contributed by atoms with Crippen molar-refractivity contribution in [1.82, 2.24) is 14.7 Å². The first-order chi connectivity index (χ1) is 8.89. The molecule has 0 saturated carbocycles. The Kier molecular flexibility index (Phi) is 3.83. The summed E-state index contributed by atoms with van der Waals surface area (Å²) in [6.07, 6.45) is 5.67. The molecule has 0 aromatic carbocycles. The van der Waals surface area contributed by atoms with Crippen LogP contribution in [0.1, 0.15) is 45.7 Å². The average Bonchev–Trinajstić information content (AvgIpc) is 2.95. The Labute approximate surface area is 114 Å². The van der Waals surface area contributed by atoms with E-state index in [0.29, 0.717) is 6.54 Å². The maximum Gasteiger partial charge on any atom is 0.410 e. The molecule has 1 aromatic heterocycles. The summed E-state index contributed by atoms with van der Waals surface area (Å²) in [5.41, 5.74) is 0.798. The second-order valence-corrected chi connectivity index (χ2v) is 6.05. The van der Waals surface area contributed by atoms with Crippen LogP contribution in [0.15, 0.2) is 12.4 Å². The van der Waals surface area contributed by atoms with Crippen LogP contribution in [-0.2, 0) is 11.2 Å². The second-order valence-electron chi connectivity index (χ2n) is 6.05. The Bertz CT molecular complexity index is 448. The van der Waals surface area contributed by atoms with Crippen molar-refractivity contribution in [3.8, 4) is 0 Å². The van der Waals surface area contributed by atoms with Gasteiger partial charge in [0.25, 0.3) is 0 Å². The summed E-state index contributed by atoms with van der Waals surface area (Å²) in [6.45, 7) is 9.20. The lowest BCUT2D eigenvalue weighted by Gasteiger charge is -2.24. The van der Waals surface area contributed by atoms with Gasteiger partial charge in [-0.2, -0.15) is 5.10 Å². The molecule has 0 radical (unpaired) electrons. The number of likely N-dealkylation sites (tertiary alicyclic amines) is 1. The number of aryl methyl sites for hydroxylation is 1. The van der Waals surface area contributed by atoms with E-state index in [-0.39, 0.29) is 12.1 Å². The zero-order valence-corrected chi connectivity index (χ0v) is 12.2. The number of hydrogen-bond donors (Lipinski definition) is 0. The van der Waals surface area contributed by atoms with Crippen molar-refractivity contribution in [2.45, 2.75) is 52.2 Å². The van der Waals surface area contributed by atoms with E-state index in [4.69, 9.17) is 4.74 Å². The third-order valence-corrected chi connectivity index (χ3v) is 3.25.